The molecule has 0 saturated carbocycles. The van der Waals surface area contributed by atoms with Gasteiger partial charge in [0.2, 0.25) is 0 Å². The number of hydrogen-bond acceptors (Lipinski definition) is 2. The number of halogens is 2. The minimum absolute atomic E-state index is 0.0114. The third-order valence-electron chi connectivity index (χ3n) is 9.57. The maximum absolute atomic E-state index is 11.9. The highest BCUT2D eigenvalue weighted by Crippen LogP contribution is 2.44. The highest BCUT2D eigenvalue weighted by molar-refractivity contribution is 9.10. The van der Waals surface area contributed by atoms with Crippen molar-refractivity contribution < 1.29 is 19.8 Å². The molecule has 0 amide bonds. The van der Waals surface area contributed by atoms with Gasteiger partial charge in [-0.1, -0.05) is 117 Å². The molecule has 0 aliphatic heterocycles. The lowest BCUT2D eigenvalue weighted by Gasteiger charge is -2.17. The lowest BCUT2D eigenvalue weighted by molar-refractivity contribution is 0.0695. The molecular formula is C42H22Br2O4. The number of hydrogen-bond donors (Lipinski definition) is 2. The Morgan fingerprint density at radius 3 is 1.10 bits per heavy atom. The molecule has 4 nitrogen and oxygen atoms in total. The molecule has 0 unspecified atom stereocenters. The summed E-state index contributed by atoms with van der Waals surface area (Å²) < 4.78 is 1.79. The molecule has 0 aliphatic carbocycles. The van der Waals surface area contributed by atoms with E-state index in [0.717, 1.165) is 41.3 Å². The smallest absolute Gasteiger partial charge is 0.336 e. The zero-order chi connectivity index (χ0) is 32.8. The van der Waals surface area contributed by atoms with Gasteiger partial charge in [0.25, 0.3) is 0 Å². The maximum Gasteiger partial charge on any atom is 0.336 e. The SMILES string of the molecule is O=C(O)c1ccc2c3cc(Br)cc4cc(Br)cc(c5ccc(C(=O)O)c1c25)c43.c1cc2cccc3c4cccc5cccc(c(c1)c23)c54. The summed E-state index contributed by atoms with van der Waals surface area (Å²) in [6, 6.07) is 41.0. The van der Waals surface area contributed by atoms with Crippen LogP contribution in [0.25, 0.3) is 86.2 Å². The minimum atomic E-state index is -1.15. The molecule has 0 radical (unpaired) electrons. The number of carboxylic acid groups (broad SMARTS) is 2. The quantitative estimate of drug-likeness (QED) is 0.136. The van der Waals surface area contributed by atoms with Crippen LogP contribution >= 0.6 is 31.9 Å². The fourth-order valence-electron chi connectivity index (χ4n) is 7.75. The summed E-state index contributed by atoms with van der Waals surface area (Å²) in [6.45, 7) is 0. The van der Waals surface area contributed by atoms with Crippen LogP contribution in [-0.4, -0.2) is 22.2 Å². The monoisotopic (exact) mass is 748 g/mol. The van der Waals surface area contributed by atoms with Crippen LogP contribution < -0.4 is 0 Å². The first-order valence-electron chi connectivity index (χ1n) is 15.3. The highest BCUT2D eigenvalue weighted by atomic mass is 79.9. The van der Waals surface area contributed by atoms with Gasteiger partial charge in [-0.25, -0.2) is 9.59 Å². The average Bonchev–Trinajstić information content (AvgIpc) is 3.08. The molecule has 6 heteroatoms. The Bertz CT molecular complexity index is 2710. The van der Waals surface area contributed by atoms with Crippen molar-refractivity contribution in [3.8, 4) is 0 Å². The first kappa shape index (κ1) is 28.9. The largest absolute Gasteiger partial charge is 0.478 e. The van der Waals surface area contributed by atoms with E-state index in [1.54, 1.807) is 12.1 Å². The van der Waals surface area contributed by atoms with Gasteiger partial charge in [-0.3, -0.25) is 0 Å². The molecular weight excluding hydrogens is 728 g/mol. The number of aromatic carboxylic acids is 2. The van der Waals surface area contributed by atoms with Crippen molar-refractivity contribution in [1.29, 1.82) is 0 Å². The van der Waals surface area contributed by atoms with Crippen molar-refractivity contribution >= 4 is 130 Å². The Hall–Kier alpha value is -5.30. The number of rotatable bonds is 2. The van der Waals surface area contributed by atoms with Gasteiger partial charge in [-0.05, 0) is 117 Å². The first-order chi connectivity index (χ1) is 23.3. The lowest BCUT2D eigenvalue weighted by Crippen LogP contribution is -2.05. The Kier molecular flexibility index (Phi) is 6.38. The molecule has 228 valence electrons. The van der Waals surface area contributed by atoms with E-state index in [9.17, 15) is 19.8 Å². The Morgan fingerprint density at radius 1 is 0.375 bits per heavy atom. The first-order valence-corrected chi connectivity index (χ1v) is 16.9. The van der Waals surface area contributed by atoms with E-state index < -0.39 is 11.9 Å². The van der Waals surface area contributed by atoms with Gasteiger partial charge in [-0.2, -0.15) is 0 Å². The van der Waals surface area contributed by atoms with Crippen molar-refractivity contribution in [3.05, 3.63) is 141 Å². The Balaban J connectivity index is 0.000000138. The lowest BCUT2D eigenvalue weighted by atomic mass is 9.86. The van der Waals surface area contributed by atoms with Gasteiger partial charge in [0.15, 0.2) is 0 Å². The van der Waals surface area contributed by atoms with Crippen LogP contribution in [-0.2, 0) is 0 Å². The fourth-order valence-corrected chi connectivity index (χ4v) is 8.70. The van der Waals surface area contributed by atoms with Gasteiger partial charge >= 0.3 is 11.9 Å². The van der Waals surface area contributed by atoms with Crippen LogP contribution in [0, 0.1) is 0 Å². The summed E-state index contributed by atoms with van der Waals surface area (Å²) in [6.07, 6.45) is 0. The number of fused-ring (bicyclic) bond motifs is 4. The summed E-state index contributed by atoms with van der Waals surface area (Å²) in [4.78, 5) is 23.7. The highest BCUT2D eigenvalue weighted by Gasteiger charge is 2.22. The van der Waals surface area contributed by atoms with Gasteiger partial charge in [0.05, 0.1) is 11.1 Å². The van der Waals surface area contributed by atoms with Gasteiger partial charge in [0.1, 0.15) is 0 Å². The minimum Gasteiger partial charge on any atom is -0.478 e. The zero-order valence-corrected chi connectivity index (χ0v) is 28.2. The number of carboxylic acids is 2. The molecule has 0 aromatic heterocycles. The predicted octanol–water partition coefficient (Wildman–Crippen LogP) is 12.4. The van der Waals surface area contributed by atoms with E-state index in [1.807, 2.05) is 24.3 Å². The van der Waals surface area contributed by atoms with E-state index in [1.165, 1.54) is 55.2 Å². The van der Waals surface area contributed by atoms with E-state index in [4.69, 9.17) is 0 Å². The standard InChI is InChI=1S/C22H10Br2O4.C20H12/c23-10-5-9-6-11(24)8-17-13-2-4-15(22(27)28)20-14(21(25)26)3-1-12(19(13)20)16(7-10)18(9)17;1-5-13-6-2-11-17-18-12-4-8-14-7-3-10-16(20(14)18)15(9-1)19(13)17/h1-8H,(H,25,26)(H,27,28);1-12H. The normalized spacial score (nSPS) is 11.9. The van der Waals surface area contributed by atoms with E-state index in [0.29, 0.717) is 5.39 Å². The molecule has 48 heavy (non-hydrogen) atoms. The molecule has 10 rings (SSSR count). The average molecular weight is 750 g/mol. The molecule has 0 bridgehead atoms. The van der Waals surface area contributed by atoms with Crippen LogP contribution in [0.1, 0.15) is 20.7 Å². The fraction of sp³-hybridized carbons (Fsp3) is 0. The topological polar surface area (TPSA) is 74.6 Å². The second-order valence-corrected chi connectivity index (χ2v) is 13.9. The van der Waals surface area contributed by atoms with Crippen LogP contribution in [0.15, 0.2) is 130 Å². The van der Waals surface area contributed by atoms with Gasteiger partial charge in [-0.15, -0.1) is 0 Å². The summed E-state index contributed by atoms with van der Waals surface area (Å²) in [5, 5.41) is 36.8. The van der Waals surface area contributed by atoms with Crippen molar-refractivity contribution in [2.75, 3.05) is 0 Å². The number of benzene rings is 10. The molecule has 0 aliphatic rings. The maximum atomic E-state index is 11.9. The second-order valence-electron chi connectivity index (χ2n) is 12.1. The van der Waals surface area contributed by atoms with Crippen LogP contribution in [0.4, 0.5) is 0 Å². The molecule has 2 N–H and O–H groups in total. The Labute approximate surface area is 289 Å². The van der Waals surface area contributed by atoms with Crippen molar-refractivity contribution in [1.82, 2.24) is 0 Å². The second kappa shape index (κ2) is 10.6. The summed E-state index contributed by atoms with van der Waals surface area (Å²) in [5.41, 5.74) is -0.0228. The summed E-state index contributed by atoms with van der Waals surface area (Å²) in [7, 11) is 0. The van der Waals surface area contributed by atoms with Crippen molar-refractivity contribution in [2.24, 2.45) is 0 Å². The molecule has 10 aromatic rings. The summed E-state index contributed by atoms with van der Waals surface area (Å²) >= 11 is 7.11. The predicted molar refractivity (Wildman–Crippen MR) is 205 cm³/mol. The van der Waals surface area contributed by atoms with Crippen LogP contribution in [0.3, 0.4) is 0 Å². The third kappa shape index (κ3) is 4.13. The van der Waals surface area contributed by atoms with Crippen LogP contribution in [0.5, 0.6) is 0 Å². The summed E-state index contributed by atoms with van der Waals surface area (Å²) in [5.74, 6) is -2.30. The Morgan fingerprint density at radius 2 is 0.729 bits per heavy atom. The molecule has 0 fully saturated rings. The molecule has 0 spiro atoms. The molecule has 0 atom stereocenters. The molecule has 10 aromatic carbocycles. The van der Waals surface area contributed by atoms with E-state index in [-0.39, 0.29) is 16.5 Å². The van der Waals surface area contributed by atoms with E-state index >= 15 is 0 Å². The van der Waals surface area contributed by atoms with Crippen molar-refractivity contribution in [2.45, 2.75) is 0 Å². The van der Waals surface area contributed by atoms with E-state index in [2.05, 4.69) is 105 Å². The van der Waals surface area contributed by atoms with Gasteiger partial charge in [0, 0.05) is 14.3 Å². The van der Waals surface area contributed by atoms with Crippen molar-refractivity contribution in [3.63, 3.8) is 0 Å². The van der Waals surface area contributed by atoms with Gasteiger partial charge < -0.3 is 10.2 Å². The third-order valence-corrected chi connectivity index (χ3v) is 10.5. The number of carbonyl (C=O) groups is 2. The molecule has 0 saturated heterocycles. The molecule has 0 heterocycles. The van der Waals surface area contributed by atoms with Crippen LogP contribution in [0.2, 0.25) is 0 Å². The zero-order valence-electron chi connectivity index (χ0n) is 25.0.